The molecule has 0 aromatic carbocycles. The molecule has 0 saturated heterocycles. The molecule has 1 aromatic rings. The van der Waals surface area contributed by atoms with Crippen LogP contribution >= 0.6 is 45.2 Å². The second-order valence-electron chi connectivity index (χ2n) is 2.49. The topological polar surface area (TPSA) is 39.2 Å². The number of alkyl halides is 2. The first kappa shape index (κ1) is 13.0. The molecule has 0 saturated carbocycles. The van der Waals surface area contributed by atoms with Gasteiger partial charge in [0.25, 0.3) is 6.43 Å². The van der Waals surface area contributed by atoms with Crippen LogP contribution in [-0.4, -0.2) is 18.1 Å². The van der Waals surface area contributed by atoms with Crippen LogP contribution in [0.3, 0.4) is 0 Å². The van der Waals surface area contributed by atoms with Crippen LogP contribution in [-0.2, 0) is 4.74 Å². The number of carbonyl (C=O) groups excluding carboxylic acids is 1. The molecule has 0 unspecified atom stereocenters. The maximum Gasteiger partial charge on any atom is 0.357 e. The molecule has 15 heavy (non-hydrogen) atoms. The molecule has 1 aromatic heterocycles. The monoisotopic (exact) mass is 439 g/mol. The Kier molecular flexibility index (Phi) is 4.62. The molecule has 3 nitrogen and oxygen atoms in total. The Morgan fingerprint density at radius 1 is 1.53 bits per heavy atom. The highest BCUT2D eigenvalue weighted by atomic mass is 127. The number of hydrogen-bond acceptors (Lipinski definition) is 3. The molecule has 0 amide bonds. The maximum absolute atomic E-state index is 12.5. The zero-order valence-electron chi connectivity index (χ0n) is 7.43. The van der Waals surface area contributed by atoms with E-state index < -0.39 is 12.4 Å². The van der Waals surface area contributed by atoms with Crippen molar-refractivity contribution in [3.05, 3.63) is 24.6 Å². The SMILES string of the molecule is COC(=O)c1nc(I)c(C(F)F)cc1I. The van der Waals surface area contributed by atoms with E-state index in [1.54, 1.807) is 45.2 Å². The summed E-state index contributed by atoms with van der Waals surface area (Å²) in [4.78, 5) is 15.0. The Hall–Kier alpha value is -0.0600. The molecule has 0 atom stereocenters. The number of hydrogen-bond donors (Lipinski definition) is 0. The van der Waals surface area contributed by atoms with E-state index >= 15 is 0 Å². The van der Waals surface area contributed by atoms with Crippen molar-refractivity contribution in [3.63, 3.8) is 0 Å². The molecule has 1 rings (SSSR count). The number of aromatic nitrogens is 1. The van der Waals surface area contributed by atoms with Crippen LogP contribution in [0.25, 0.3) is 0 Å². The summed E-state index contributed by atoms with van der Waals surface area (Å²) in [6, 6.07) is 1.24. The summed E-state index contributed by atoms with van der Waals surface area (Å²) in [5.41, 5.74) is -0.112. The molecule has 0 aliphatic rings. The third kappa shape index (κ3) is 2.95. The normalized spacial score (nSPS) is 10.5. The molecule has 0 radical (unpaired) electrons. The van der Waals surface area contributed by atoms with Crippen molar-refractivity contribution in [3.8, 4) is 0 Å². The first-order chi connectivity index (χ1) is 6.97. The summed E-state index contributed by atoms with van der Waals surface area (Å²) >= 11 is 3.44. The average Bonchev–Trinajstić information content (AvgIpc) is 2.19. The van der Waals surface area contributed by atoms with Gasteiger partial charge in [-0.25, -0.2) is 18.6 Å². The second-order valence-corrected chi connectivity index (χ2v) is 4.68. The molecule has 0 aliphatic carbocycles. The van der Waals surface area contributed by atoms with Gasteiger partial charge in [0, 0.05) is 3.57 Å². The summed E-state index contributed by atoms with van der Waals surface area (Å²) < 4.78 is 29.9. The van der Waals surface area contributed by atoms with Crippen molar-refractivity contribution >= 4 is 51.2 Å². The highest BCUT2D eigenvalue weighted by molar-refractivity contribution is 14.1. The van der Waals surface area contributed by atoms with E-state index in [-0.39, 0.29) is 15.0 Å². The van der Waals surface area contributed by atoms with Crippen molar-refractivity contribution in [1.29, 1.82) is 0 Å². The molecule has 0 bridgehead atoms. The zero-order valence-corrected chi connectivity index (χ0v) is 11.7. The van der Waals surface area contributed by atoms with Crippen LogP contribution in [0.1, 0.15) is 22.5 Å². The Bertz CT molecular complexity index is 398. The van der Waals surface area contributed by atoms with Gasteiger partial charge in [-0.15, -0.1) is 0 Å². The number of rotatable bonds is 2. The molecule has 0 aliphatic heterocycles. The Morgan fingerprint density at radius 3 is 2.60 bits per heavy atom. The molecule has 0 fully saturated rings. The van der Waals surface area contributed by atoms with Gasteiger partial charge in [0.2, 0.25) is 0 Å². The summed E-state index contributed by atoms with van der Waals surface area (Å²) in [6.07, 6.45) is -2.59. The minimum absolute atomic E-state index is 0.0619. The van der Waals surface area contributed by atoms with Crippen molar-refractivity contribution in [2.75, 3.05) is 7.11 Å². The summed E-state index contributed by atoms with van der Waals surface area (Å²) in [5.74, 6) is -0.627. The highest BCUT2D eigenvalue weighted by Gasteiger charge is 2.19. The third-order valence-electron chi connectivity index (χ3n) is 1.57. The standard InChI is InChI=1S/C8H5F2I2NO2/c1-15-8(14)5-4(11)2-3(6(9)10)7(12)13-5/h2,6H,1H3. The van der Waals surface area contributed by atoms with Gasteiger partial charge in [0.15, 0.2) is 5.69 Å². The summed E-state index contributed by atoms with van der Waals surface area (Å²) in [5, 5.41) is 0. The van der Waals surface area contributed by atoms with E-state index in [2.05, 4.69) is 9.72 Å². The largest absolute Gasteiger partial charge is 0.464 e. The second kappa shape index (κ2) is 5.32. The smallest absolute Gasteiger partial charge is 0.357 e. The van der Waals surface area contributed by atoms with Gasteiger partial charge in [0.05, 0.1) is 12.7 Å². The molecule has 0 spiro atoms. The first-order valence-corrected chi connectivity index (χ1v) is 5.85. The molecular formula is C8H5F2I2NO2. The predicted octanol–water partition coefficient (Wildman–Crippen LogP) is 3.02. The van der Waals surface area contributed by atoms with Crippen molar-refractivity contribution in [2.24, 2.45) is 0 Å². The van der Waals surface area contributed by atoms with Gasteiger partial charge < -0.3 is 4.74 Å². The number of pyridine rings is 1. The number of halogens is 4. The molecule has 1 heterocycles. The first-order valence-electron chi connectivity index (χ1n) is 3.69. The van der Waals surface area contributed by atoms with Gasteiger partial charge in [-0.2, -0.15) is 0 Å². The lowest BCUT2D eigenvalue weighted by atomic mass is 10.2. The lowest BCUT2D eigenvalue weighted by Crippen LogP contribution is -2.09. The van der Waals surface area contributed by atoms with Crippen molar-refractivity contribution < 1.29 is 18.3 Å². The Balaban J connectivity index is 3.25. The number of ether oxygens (including phenoxy) is 1. The van der Waals surface area contributed by atoms with E-state index in [0.717, 1.165) is 0 Å². The summed E-state index contributed by atoms with van der Waals surface area (Å²) in [6.45, 7) is 0. The number of esters is 1. The maximum atomic E-state index is 12.5. The van der Waals surface area contributed by atoms with Gasteiger partial charge in [-0.1, -0.05) is 0 Å². The van der Waals surface area contributed by atoms with Crippen LogP contribution in [0, 0.1) is 7.27 Å². The van der Waals surface area contributed by atoms with E-state index in [9.17, 15) is 13.6 Å². The Labute approximate surface area is 112 Å². The van der Waals surface area contributed by atoms with E-state index in [1.165, 1.54) is 13.2 Å². The number of nitrogens with zero attached hydrogens (tertiary/aromatic N) is 1. The van der Waals surface area contributed by atoms with Crippen LogP contribution in [0.15, 0.2) is 6.07 Å². The average molecular weight is 439 g/mol. The molecular weight excluding hydrogens is 434 g/mol. The molecule has 7 heteroatoms. The minimum atomic E-state index is -2.59. The van der Waals surface area contributed by atoms with Crippen LogP contribution in [0.4, 0.5) is 8.78 Å². The lowest BCUT2D eigenvalue weighted by Gasteiger charge is -2.06. The van der Waals surface area contributed by atoms with Crippen LogP contribution in [0.2, 0.25) is 0 Å². The van der Waals surface area contributed by atoms with Crippen molar-refractivity contribution in [1.82, 2.24) is 4.98 Å². The number of carbonyl (C=O) groups is 1. The van der Waals surface area contributed by atoms with E-state index in [4.69, 9.17) is 0 Å². The van der Waals surface area contributed by atoms with Gasteiger partial charge in [-0.05, 0) is 51.2 Å². The van der Waals surface area contributed by atoms with E-state index in [1.807, 2.05) is 0 Å². The quantitative estimate of drug-likeness (QED) is 0.405. The fourth-order valence-corrected chi connectivity index (χ4v) is 2.18. The predicted molar refractivity (Wildman–Crippen MR) is 66.0 cm³/mol. The Morgan fingerprint density at radius 2 is 2.13 bits per heavy atom. The van der Waals surface area contributed by atoms with Gasteiger partial charge in [-0.3, -0.25) is 0 Å². The highest BCUT2D eigenvalue weighted by Crippen LogP contribution is 2.26. The van der Waals surface area contributed by atoms with Crippen LogP contribution < -0.4 is 0 Å². The summed E-state index contributed by atoms with van der Waals surface area (Å²) in [7, 11) is 1.22. The van der Waals surface area contributed by atoms with E-state index in [0.29, 0.717) is 3.57 Å². The van der Waals surface area contributed by atoms with Crippen LogP contribution in [0.5, 0.6) is 0 Å². The third-order valence-corrected chi connectivity index (χ3v) is 3.26. The fourth-order valence-electron chi connectivity index (χ4n) is 0.873. The number of methoxy groups -OCH3 is 1. The molecule has 82 valence electrons. The molecule has 0 N–H and O–H groups in total. The van der Waals surface area contributed by atoms with Gasteiger partial charge in [0.1, 0.15) is 3.70 Å². The minimum Gasteiger partial charge on any atom is -0.464 e. The van der Waals surface area contributed by atoms with Gasteiger partial charge >= 0.3 is 5.97 Å². The fraction of sp³-hybridized carbons (Fsp3) is 0.250. The lowest BCUT2D eigenvalue weighted by molar-refractivity contribution is 0.0591. The zero-order chi connectivity index (χ0) is 11.6. The van der Waals surface area contributed by atoms with Crippen molar-refractivity contribution in [2.45, 2.75) is 6.43 Å².